The van der Waals surface area contributed by atoms with Crippen molar-refractivity contribution in [2.75, 3.05) is 0 Å². The number of halogens is 2. The number of nitrogens with one attached hydrogen (secondary N) is 1. The second kappa shape index (κ2) is 5.34. The topological polar surface area (TPSA) is 64.0 Å². The lowest BCUT2D eigenvalue weighted by atomic mass is 9.90. The van der Waals surface area contributed by atoms with Gasteiger partial charge < -0.3 is 0 Å². The number of alkyl halides is 2. The Morgan fingerprint density at radius 2 is 2.17 bits per heavy atom. The molecular formula is C16H13F2N3O2S. The highest BCUT2D eigenvalue weighted by atomic mass is 32.2. The molecule has 5 nitrogen and oxygen atoms in total. The molecule has 0 saturated heterocycles. The number of hydrogen-bond acceptors (Lipinski definition) is 3. The van der Waals surface area contributed by atoms with Crippen LogP contribution in [-0.2, 0) is 15.8 Å². The lowest BCUT2D eigenvalue weighted by molar-refractivity contribution is -0.114. The smallest absolute Gasteiger partial charge is 0.258 e. The molecule has 1 aromatic carbocycles. The summed E-state index contributed by atoms with van der Waals surface area (Å²) in [6.07, 6.45) is 4.30. The van der Waals surface area contributed by atoms with Crippen molar-refractivity contribution in [2.24, 2.45) is 0 Å². The Labute approximate surface area is 138 Å². The molecule has 1 N–H and O–H groups in total. The first-order valence-corrected chi connectivity index (χ1v) is 8.58. The number of carbonyl (C=O) groups excluding carboxylic acids is 1. The van der Waals surface area contributed by atoms with Gasteiger partial charge in [-0.1, -0.05) is 18.2 Å². The third-order valence-electron chi connectivity index (χ3n) is 4.21. The zero-order chi connectivity index (χ0) is 16.9. The summed E-state index contributed by atoms with van der Waals surface area (Å²) >= 11 is 0. The summed E-state index contributed by atoms with van der Waals surface area (Å²) in [6, 6.07) is 5.47. The number of benzene rings is 1. The molecule has 0 saturated carbocycles. The van der Waals surface area contributed by atoms with Crippen molar-refractivity contribution in [3.05, 3.63) is 42.1 Å². The van der Waals surface area contributed by atoms with Gasteiger partial charge in [0.05, 0.1) is 11.7 Å². The van der Waals surface area contributed by atoms with Crippen molar-refractivity contribution in [3.8, 4) is 0 Å². The molecule has 0 fully saturated rings. The maximum Gasteiger partial charge on any atom is 0.258 e. The summed E-state index contributed by atoms with van der Waals surface area (Å²) in [5, 5.41) is 5.28. The SMILES string of the molecule is O=C1C=C(n2ncc3c(C4=CCC(F)(F)CC4)cccc32)S(=O)N1. The molecule has 4 rings (SSSR count). The predicted octanol–water partition coefficient (Wildman–Crippen LogP) is 2.83. The third-order valence-corrected chi connectivity index (χ3v) is 5.27. The first kappa shape index (κ1) is 15.2. The van der Waals surface area contributed by atoms with Crippen LogP contribution in [0.2, 0.25) is 0 Å². The van der Waals surface area contributed by atoms with E-state index in [1.165, 1.54) is 10.8 Å². The molecule has 2 aromatic rings. The van der Waals surface area contributed by atoms with E-state index >= 15 is 0 Å². The van der Waals surface area contributed by atoms with Crippen LogP contribution in [0, 0.1) is 0 Å². The summed E-state index contributed by atoms with van der Waals surface area (Å²) in [4.78, 5) is 11.4. The Morgan fingerprint density at radius 1 is 1.33 bits per heavy atom. The predicted molar refractivity (Wildman–Crippen MR) is 87.1 cm³/mol. The van der Waals surface area contributed by atoms with Gasteiger partial charge in [-0.2, -0.15) is 5.10 Å². The molecule has 1 unspecified atom stereocenters. The van der Waals surface area contributed by atoms with Crippen LogP contribution in [0.25, 0.3) is 21.5 Å². The molecule has 0 bridgehead atoms. The van der Waals surface area contributed by atoms with Gasteiger partial charge in [-0.3, -0.25) is 9.52 Å². The average molecular weight is 349 g/mol. The van der Waals surface area contributed by atoms with Crippen LogP contribution in [0.15, 0.2) is 36.5 Å². The maximum atomic E-state index is 13.4. The molecule has 1 aliphatic carbocycles. The lowest BCUT2D eigenvalue weighted by Crippen LogP contribution is -2.18. The van der Waals surface area contributed by atoms with Gasteiger partial charge in [0.1, 0.15) is 0 Å². The second-order valence-electron chi connectivity index (χ2n) is 5.80. The largest absolute Gasteiger partial charge is 0.269 e. The third kappa shape index (κ3) is 2.47. The Morgan fingerprint density at radius 3 is 2.83 bits per heavy atom. The molecule has 1 aliphatic heterocycles. The molecular weight excluding hydrogens is 336 g/mol. The molecule has 1 amide bonds. The molecule has 1 aromatic heterocycles. The standard InChI is InChI=1S/C16H13F2N3O2S/c17-16(18)6-4-10(5-7-16)11-2-1-3-13-12(11)9-19-21(13)15-8-14(22)20-24(15)23/h1-4,8-9H,5-7H2,(H,20,22). The summed E-state index contributed by atoms with van der Waals surface area (Å²) in [7, 11) is -1.65. The number of amides is 1. The van der Waals surface area contributed by atoms with E-state index in [2.05, 4.69) is 9.82 Å². The number of fused-ring (bicyclic) bond motifs is 1. The first-order valence-electron chi connectivity index (χ1n) is 7.43. The molecule has 124 valence electrons. The molecule has 1 atom stereocenters. The van der Waals surface area contributed by atoms with Gasteiger partial charge >= 0.3 is 0 Å². The number of carbonyl (C=O) groups is 1. The number of allylic oxidation sites excluding steroid dienone is 2. The maximum absolute atomic E-state index is 13.4. The minimum absolute atomic E-state index is 0.170. The zero-order valence-corrected chi connectivity index (χ0v) is 13.3. The van der Waals surface area contributed by atoms with Crippen LogP contribution < -0.4 is 4.72 Å². The highest BCUT2D eigenvalue weighted by molar-refractivity contribution is 7.93. The molecule has 24 heavy (non-hydrogen) atoms. The van der Waals surface area contributed by atoms with Crippen molar-refractivity contribution >= 4 is 38.4 Å². The van der Waals surface area contributed by atoms with Crippen molar-refractivity contribution in [2.45, 2.75) is 25.2 Å². The molecule has 0 spiro atoms. The summed E-state index contributed by atoms with van der Waals surface area (Å²) in [5.74, 6) is -3.07. The molecule has 2 aliphatic rings. The minimum Gasteiger partial charge on any atom is -0.269 e. The Kier molecular flexibility index (Phi) is 3.38. The van der Waals surface area contributed by atoms with Crippen LogP contribution in [0.4, 0.5) is 8.78 Å². The van der Waals surface area contributed by atoms with Gasteiger partial charge in [-0.25, -0.2) is 17.7 Å². The van der Waals surface area contributed by atoms with Gasteiger partial charge in [0.25, 0.3) is 11.8 Å². The second-order valence-corrected chi connectivity index (χ2v) is 6.96. The number of hydrogen-bond donors (Lipinski definition) is 1. The number of aromatic nitrogens is 2. The fourth-order valence-corrected chi connectivity index (χ4v) is 3.89. The number of rotatable bonds is 2. The summed E-state index contributed by atoms with van der Waals surface area (Å²) < 4.78 is 42.4. The lowest BCUT2D eigenvalue weighted by Gasteiger charge is -2.22. The fraction of sp³-hybridized carbons (Fsp3) is 0.250. The van der Waals surface area contributed by atoms with Crippen molar-refractivity contribution < 1.29 is 17.8 Å². The van der Waals surface area contributed by atoms with Crippen LogP contribution >= 0.6 is 0 Å². The van der Waals surface area contributed by atoms with Gasteiger partial charge in [0.15, 0.2) is 16.0 Å². The Balaban J connectivity index is 1.81. The van der Waals surface area contributed by atoms with Crippen molar-refractivity contribution in [1.82, 2.24) is 14.5 Å². The number of nitrogens with zero attached hydrogens (tertiary/aromatic N) is 2. The van der Waals surface area contributed by atoms with E-state index in [0.29, 0.717) is 11.9 Å². The molecule has 8 heteroatoms. The normalized spacial score (nSPS) is 23.1. The van der Waals surface area contributed by atoms with E-state index in [-0.39, 0.29) is 17.9 Å². The van der Waals surface area contributed by atoms with Crippen molar-refractivity contribution in [3.63, 3.8) is 0 Å². The zero-order valence-electron chi connectivity index (χ0n) is 12.5. The van der Waals surface area contributed by atoms with E-state index < -0.39 is 22.8 Å². The first-order chi connectivity index (χ1) is 11.4. The molecule has 2 heterocycles. The van der Waals surface area contributed by atoms with Crippen LogP contribution in [-0.4, -0.2) is 25.8 Å². The van der Waals surface area contributed by atoms with Crippen LogP contribution in [0.3, 0.4) is 0 Å². The highest BCUT2D eigenvalue weighted by Crippen LogP contribution is 2.38. The van der Waals surface area contributed by atoms with E-state index in [1.807, 2.05) is 6.07 Å². The monoisotopic (exact) mass is 349 g/mol. The van der Waals surface area contributed by atoms with Gasteiger partial charge in [0, 0.05) is 24.3 Å². The fourth-order valence-electron chi connectivity index (χ4n) is 3.02. The molecule has 0 radical (unpaired) electrons. The van der Waals surface area contributed by atoms with Gasteiger partial charge in [0.2, 0.25) is 0 Å². The van der Waals surface area contributed by atoms with Crippen LogP contribution in [0.5, 0.6) is 0 Å². The van der Waals surface area contributed by atoms with E-state index in [0.717, 1.165) is 16.5 Å². The minimum atomic E-state index is -2.64. The average Bonchev–Trinajstić information content (AvgIpc) is 3.10. The van der Waals surface area contributed by atoms with E-state index in [4.69, 9.17) is 0 Å². The summed E-state index contributed by atoms with van der Waals surface area (Å²) in [5.41, 5.74) is 2.39. The Bertz CT molecular complexity index is 946. The highest BCUT2D eigenvalue weighted by Gasteiger charge is 2.31. The quantitative estimate of drug-likeness (QED) is 0.907. The van der Waals surface area contributed by atoms with Crippen molar-refractivity contribution in [1.29, 1.82) is 0 Å². The Hall–Kier alpha value is -2.35. The van der Waals surface area contributed by atoms with E-state index in [1.54, 1.807) is 24.4 Å². The summed E-state index contributed by atoms with van der Waals surface area (Å²) in [6.45, 7) is 0. The van der Waals surface area contributed by atoms with Gasteiger partial charge in [-0.15, -0.1) is 0 Å². The van der Waals surface area contributed by atoms with Crippen LogP contribution in [0.1, 0.15) is 24.8 Å². The van der Waals surface area contributed by atoms with Gasteiger partial charge in [-0.05, 0) is 23.6 Å². The van der Waals surface area contributed by atoms with E-state index in [9.17, 15) is 17.8 Å².